The zero-order chi connectivity index (χ0) is 29.6. The van der Waals surface area contributed by atoms with E-state index >= 15 is 0 Å². The number of methoxy groups -OCH3 is 1. The van der Waals surface area contributed by atoms with Crippen molar-refractivity contribution in [3.8, 4) is 0 Å². The van der Waals surface area contributed by atoms with Crippen LogP contribution >= 0.6 is 0 Å². The molecule has 12 heteroatoms. The number of pyridine rings is 1. The van der Waals surface area contributed by atoms with Crippen LogP contribution in [-0.4, -0.2) is 83.8 Å². The molecule has 0 aliphatic carbocycles. The summed E-state index contributed by atoms with van der Waals surface area (Å²) in [6.45, 7) is 3.80. The SMILES string of the molecule is COC(=O)c1ccc(C(=O)NC(=NC2CCCCN(CC(=O)N3CCCC3)C2=O)Nc2ccc3oc(C)cc3c2)cn1. The van der Waals surface area contributed by atoms with Crippen molar-refractivity contribution in [2.45, 2.75) is 45.1 Å². The lowest BCUT2D eigenvalue weighted by Gasteiger charge is -2.25. The van der Waals surface area contributed by atoms with Crippen molar-refractivity contribution in [1.82, 2.24) is 20.1 Å². The number of hydrogen-bond acceptors (Lipinski definition) is 8. The Morgan fingerprint density at radius 1 is 1.07 bits per heavy atom. The highest BCUT2D eigenvalue weighted by molar-refractivity contribution is 6.11. The Balaban J connectivity index is 1.39. The lowest BCUT2D eigenvalue weighted by molar-refractivity contribution is -0.140. The fourth-order valence-corrected chi connectivity index (χ4v) is 5.17. The van der Waals surface area contributed by atoms with Crippen LogP contribution in [0.4, 0.5) is 5.69 Å². The maximum Gasteiger partial charge on any atom is 0.356 e. The van der Waals surface area contributed by atoms with E-state index in [0.717, 1.165) is 55.5 Å². The van der Waals surface area contributed by atoms with E-state index in [-0.39, 0.29) is 35.6 Å². The van der Waals surface area contributed by atoms with Gasteiger partial charge in [0.25, 0.3) is 5.91 Å². The number of anilines is 1. The Hall–Kier alpha value is -4.74. The Morgan fingerprint density at radius 3 is 2.60 bits per heavy atom. The van der Waals surface area contributed by atoms with E-state index in [2.05, 4.69) is 25.3 Å². The zero-order valence-corrected chi connectivity index (χ0v) is 23.7. The number of ether oxygens (including phenoxy) is 1. The highest BCUT2D eigenvalue weighted by Gasteiger charge is 2.30. The van der Waals surface area contributed by atoms with Gasteiger partial charge in [-0.1, -0.05) is 0 Å². The van der Waals surface area contributed by atoms with Gasteiger partial charge >= 0.3 is 5.97 Å². The number of likely N-dealkylation sites (tertiary alicyclic amines) is 2. The van der Waals surface area contributed by atoms with Crippen LogP contribution in [0.3, 0.4) is 0 Å². The van der Waals surface area contributed by atoms with Crippen LogP contribution in [0, 0.1) is 6.92 Å². The molecule has 220 valence electrons. The van der Waals surface area contributed by atoms with Crippen LogP contribution in [0.25, 0.3) is 11.0 Å². The number of aryl methyl sites for hydroxylation is 1. The fourth-order valence-electron chi connectivity index (χ4n) is 5.17. The van der Waals surface area contributed by atoms with Gasteiger partial charge in [-0.2, -0.15) is 0 Å². The molecule has 2 aliphatic rings. The minimum Gasteiger partial charge on any atom is -0.464 e. The highest BCUT2D eigenvalue weighted by atomic mass is 16.5. The highest BCUT2D eigenvalue weighted by Crippen LogP contribution is 2.23. The number of rotatable bonds is 6. The van der Waals surface area contributed by atoms with Crippen LogP contribution < -0.4 is 10.6 Å². The van der Waals surface area contributed by atoms with Crippen molar-refractivity contribution in [3.05, 3.63) is 59.6 Å². The molecule has 4 heterocycles. The summed E-state index contributed by atoms with van der Waals surface area (Å²) in [7, 11) is 1.25. The average Bonchev–Trinajstić information content (AvgIpc) is 3.63. The average molecular weight is 575 g/mol. The van der Waals surface area contributed by atoms with E-state index in [1.54, 1.807) is 15.9 Å². The number of nitrogens with zero attached hydrogens (tertiary/aromatic N) is 4. The van der Waals surface area contributed by atoms with Crippen LogP contribution in [-0.2, 0) is 14.3 Å². The molecule has 2 aromatic heterocycles. The number of aromatic nitrogens is 1. The predicted octanol–water partition coefficient (Wildman–Crippen LogP) is 3.12. The first-order valence-corrected chi connectivity index (χ1v) is 14.1. The number of aliphatic imine (C=N–C) groups is 1. The van der Waals surface area contributed by atoms with Gasteiger partial charge in [0.1, 0.15) is 23.1 Å². The summed E-state index contributed by atoms with van der Waals surface area (Å²) < 4.78 is 10.3. The lowest BCUT2D eigenvalue weighted by Crippen LogP contribution is -2.45. The third kappa shape index (κ3) is 6.76. The molecule has 0 bridgehead atoms. The van der Waals surface area contributed by atoms with Gasteiger partial charge in [-0.15, -0.1) is 0 Å². The number of esters is 1. The molecule has 2 fully saturated rings. The summed E-state index contributed by atoms with van der Waals surface area (Å²) in [5.74, 6) is -0.618. The first-order chi connectivity index (χ1) is 20.3. The van der Waals surface area contributed by atoms with E-state index in [4.69, 9.17) is 4.42 Å². The van der Waals surface area contributed by atoms with Crippen molar-refractivity contribution >= 4 is 46.3 Å². The summed E-state index contributed by atoms with van der Waals surface area (Å²) >= 11 is 0. The summed E-state index contributed by atoms with van der Waals surface area (Å²) in [6.07, 6.45) is 5.20. The number of amides is 3. The minimum atomic E-state index is -0.790. The summed E-state index contributed by atoms with van der Waals surface area (Å²) in [4.78, 5) is 63.4. The van der Waals surface area contributed by atoms with Crippen LogP contribution in [0.5, 0.6) is 0 Å². The Morgan fingerprint density at radius 2 is 1.86 bits per heavy atom. The van der Waals surface area contributed by atoms with Crippen molar-refractivity contribution in [3.63, 3.8) is 0 Å². The normalized spacial score (nSPS) is 17.7. The maximum absolute atomic E-state index is 13.6. The number of carbonyl (C=O) groups is 4. The fraction of sp³-hybridized carbons (Fsp3) is 0.400. The van der Waals surface area contributed by atoms with Gasteiger partial charge in [0, 0.05) is 36.9 Å². The number of benzene rings is 1. The van der Waals surface area contributed by atoms with Gasteiger partial charge in [0.05, 0.1) is 19.2 Å². The molecule has 2 saturated heterocycles. The summed E-state index contributed by atoms with van der Waals surface area (Å²) in [5, 5.41) is 6.77. The molecule has 1 atom stereocenters. The Bertz CT molecular complexity index is 1510. The van der Waals surface area contributed by atoms with E-state index in [1.807, 2.05) is 25.1 Å². The number of furan rings is 1. The lowest BCUT2D eigenvalue weighted by atomic mass is 10.1. The summed E-state index contributed by atoms with van der Waals surface area (Å²) in [5.41, 5.74) is 1.60. The smallest absolute Gasteiger partial charge is 0.356 e. The molecule has 1 aromatic carbocycles. The molecule has 3 aromatic rings. The zero-order valence-electron chi connectivity index (χ0n) is 23.7. The van der Waals surface area contributed by atoms with E-state index in [0.29, 0.717) is 18.7 Å². The standard InChI is InChI=1S/C30H34N6O6/c1-19-15-21-16-22(9-11-25(21)42-19)32-30(34-27(38)20-8-10-24(31-17-20)29(40)41-2)33-23-7-3-4-14-36(28(23)39)18-26(37)35-12-5-6-13-35/h8-11,15-17,23H,3-7,12-14,18H2,1-2H3,(H2,32,33,34,38). The van der Waals surface area contributed by atoms with Crippen molar-refractivity contribution in [1.29, 1.82) is 0 Å². The predicted molar refractivity (Wildman–Crippen MR) is 155 cm³/mol. The van der Waals surface area contributed by atoms with Gasteiger partial charge in [-0.05, 0) is 75.4 Å². The first-order valence-electron chi connectivity index (χ1n) is 14.1. The second kappa shape index (κ2) is 12.8. The van der Waals surface area contributed by atoms with Crippen LogP contribution in [0.15, 0.2) is 52.0 Å². The number of guanidine groups is 1. The molecule has 42 heavy (non-hydrogen) atoms. The third-order valence-corrected chi connectivity index (χ3v) is 7.38. The van der Waals surface area contributed by atoms with Crippen molar-refractivity contribution < 1.29 is 28.3 Å². The third-order valence-electron chi connectivity index (χ3n) is 7.38. The molecule has 1 unspecified atom stereocenters. The topological polar surface area (TPSA) is 146 Å². The van der Waals surface area contributed by atoms with Crippen molar-refractivity contribution in [2.75, 3.05) is 38.6 Å². The Kier molecular flexibility index (Phi) is 8.80. The van der Waals surface area contributed by atoms with Gasteiger partial charge < -0.3 is 24.3 Å². The van der Waals surface area contributed by atoms with E-state index in [9.17, 15) is 19.2 Å². The van der Waals surface area contributed by atoms with Gasteiger partial charge in [0.15, 0.2) is 0 Å². The maximum atomic E-state index is 13.6. The second-order valence-corrected chi connectivity index (χ2v) is 10.4. The second-order valence-electron chi connectivity index (χ2n) is 10.4. The van der Waals surface area contributed by atoms with Gasteiger partial charge in [-0.25, -0.2) is 14.8 Å². The van der Waals surface area contributed by atoms with Gasteiger partial charge in [-0.3, -0.25) is 19.7 Å². The number of fused-ring (bicyclic) bond motifs is 1. The summed E-state index contributed by atoms with van der Waals surface area (Å²) in [6, 6.07) is 9.41. The van der Waals surface area contributed by atoms with E-state index in [1.165, 1.54) is 25.4 Å². The Labute approximate surface area is 243 Å². The molecule has 2 N–H and O–H groups in total. The molecule has 3 amide bonds. The van der Waals surface area contributed by atoms with Crippen LogP contribution in [0.2, 0.25) is 0 Å². The largest absolute Gasteiger partial charge is 0.464 e. The van der Waals surface area contributed by atoms with Gasteiger partial charge in [0.2, 0.25) is 17.8 Å². The van der Waals surface area contributed by atoms with E-state index < -0.39 is 17.9 Å². The van der Waals surface area contributed by atoms with Crippen LogP contribution in [0.1, 0.15) is 58.7 Å². The number of nitrogens with one attached hydrogen (secondary N) is 2. The number of hydrogen-bond donors (Lipinski definition) is 2. The molecule has 2 aliphatic heterocycles. The minimum absolute atomic E-state index is 0.0225. The molecular weight excluding hydrogens is 540 g/mol. The number of carbonyl (C=O) groups excluding carboxylic acids is 4. The molecule has 5 rings (SSSR count). The molecule has 0 saturated carbocycles. The quantitative estimate of drug-likeness (QED) is 0.259. The molecule has 0 radical (unpaired) electrons. The molecule has 12 nitrogen and oxygen atoms in total. The van der Waals surface area contributed by atoms with Crippen molar-refractivity contribution in [2.24, 2.45) is 4.99 Å². The first kappa shape index (κ1) is 28.8. The molecule has 0 spiro atoms. The monoisotopic (exact) mass is 574 g/mol. The molecular formula is C30H34N6O6.